The molecule has 2 aromatic heterocycles. The number of pyridine rings is 1. The molecule has 0 aliphatic rings. The molecule has 0 saturated carbocycles. The molecular weight excluding hydrogens is 194 g/mol. The van der Waals surface area contributed by atoms with Crippen molar-refractivity contribution in [3.8, 4) is 5.82 Å². The first-order valence-corrected chi connectivity index (χ1v) is 4.50. The minimum absolute atomic E-state index is 0.185. The summed E-state index contributed by atoms with van der Waals surface area (Å²) in [4.78, 5) is 7.95. The predicted octanol–water partition coefficient (Wildman–Crippen LogP) is -0.346. The molecule has 0 saturated heterocycles. The molecule has 0 spiro atoms. The van der Waals surface area contributed by atoms with Gasteiger partial charge in [0.1, 0.15) is 12.7 Å². The summed E-state index contributed by atoms with van der Waals surface area (Å²) in [6, 6.07) is 3.52. The summed E-state index contributed by atoms with van der Waals surface area (Å²) in [5.41, 5.74) is 6.03. The minimum atomic E-state index is -0.665. The maximum Gasteiger partial charge on any atom is 0.155 e. The lowest BCUT2D eigenvalue weighted by molar-refractivity contribution is 0.186. The van der Waals surface area contributed by atoms with Gasteiger partial charge in [0.25, 0.3) is 0 Å². The highest BCUT2D eigenvalue weighted by atomic mass is 16.3. The molecule has 2 heterocycles. The molecular formula is C9H11N5O. The largest absolute Gasteiger partial charge is 0.387 e. The molecule has 1 atom stereocenters. The number of hydrogen-bond donors (Lipinski definition) is 2. The number of hydrogen-bond acceptors (Lipinski definition) is 5. The van der Waals surface area contributed by atoms with Gasteiger partial charge in [0.15, 0.2) is 5.82 Å². The quantitative estimate of drug-likeness (QED) is 0.715. The van der Waals surface area contributed by atoms with Gasteiger partial charge in [-0.2, -0.15) is 5.10 Å². The topological polar surface area (TPSA) is 89.8 Å². The van der Waals surface area contributed by atoms with Gasteiger partial charge in [-0.1, -0.05) is 6.07 Å². The van der Waals surface area contributed by atoms with Crippen molar-refractivity contribution in [2.45, 2.75) is 6.10 Å². The molecule has 2 aromatic rings. The molecule has 0 amide bonds. The number of aromatic nitrogens is 4. The van der Waals surface area contributed by atoms with E-state index in [2.05, 4.69) is 15.1 Å². The van der Waals surface area contributed by atoms with Gasteiger partial charge in [-0.15, -0.1) is 0 Å². The fourth-order valence-electron chi connectivity index (χ4n) is 1.19. The van der Waals surface area contributed by atoms with Crippen LogP contribution in [0.5, 0.6) is 0 Å². The van der Waals surface area contributed by atoms with Gasteiger partial charge in [-0.05, 0) is 6.07 Å². The van der Waals surface area contributed by atoms with Gasteiger partial charge in [0.2, 0.25) is 0 Å². The van der Waals surface area contributed by atoms with Gasteiger partial charge >= 0.3 is 0 Å². The normalized spacial score (nSPS) is 12.7. The fraction of sp³-hybridized carbons (Fsp3) is 0.222. The lowest BCUT2D eigenvalue weighted by Crippen LogP contribution is -2.12. The molecule has 2 rings (SSSR count). The van der Waals surface area contributed by atoms with Crippen molar-refractivity contribution in [3.05, 3.63) is 36.5 Å². The summed E-state index contributed by atoms with van der Waals surface area (Å²) >= 11 is 0. The van der Waals surface area contributed by atoms with Gasteiger partial charge in [0, 0.05) is 18.3 Å². The van der Waals surface area contributed by atoms with Crippen molar-refractivity contribution >= 4 is 0 Å². The Morgan fingerprint density at radius 1 is 1.47 bits per heavy atom. The van der Waals surface area contributed by atoms with Crippen LogP contribution in [0.1, 0.15) is 11.7 Å². The number of nitrogens with zero attached hydrogens (tertiary/aromatic N) is 4. The summed E-state index contributed by atoms with van der Waals surface area (Å²) in [5.74, 6) is 0.653. The molecule has 0 fully saturated rings. The Labute approximate surface area is 86.4 Å². The van der Waals surface area contributed by atoms with Crippen LogP contribution in [0, 0.1) is 0 Å². The van der Waals surface area contributed by atoms with Gasteiger partial charge in [-0.3, -0.25) is 0 Å². The Morgan fingerprint density at radius 2 is 2.33 bits per heavy atom. The van der Waals surface area contributed by atoms with Crippen molar-refractivity contribution in [1.29, 1.82) is 0 Å². The van der Waals surface area contributed by atoms with E-state index in [9.17, 15) is 5.11 Å². The van der Waals surface area contributed by atoms with Crippen LogP contribution < -0.4 is 5.73 Å². The zero-order chi connectivity index (χ0) is 10.7. The van der Waals surface area contributed by atoms with Crippen LogP contribution in [0.15, 0.2) is 31.0 Å². The van der Waals surface area contributed by atoms with Crippen molar-refractivity contribution < 1.29 is 5.11 Å². The summed E-state index contributed by atoms with van der Waals surface area (Å²) in [5, 5.41) is 13.4. The minimum Gasteiger partial charge on any atom is -0.387 e. The van der Waals surface area contributed by atoms with Gasteiger partial charge in [0.05, 0.1) is 6.10 Å². The van der Waals surface area contributed by atoms with Crippen molar-refractivity contribution in [2.24, 2.45) is 5.73 Å². The highest BCUT2D eigenvalue weighted by Gasteiger charge is 2.05. The molecule has 0 bridgehead atoms. The number of rotatable bonds is 3. The summed E-state index contributed by atoms with van der Waals surface area (Å²) < 4.78 is 1.54. The van der Waals surface area contributed by atoms with Crippen LogP contribution in [0.2, 0.25) is 0 Å². The highest BCUT2D eigenvalue weighted by molar-refractivity contribution is 5.25. The molecule has 1 unspecified atom stereocenters. The standard InChI is InChI=1S/C9H11N5O/c10-3-8(15)7-1-2-9(12-4-7)14-6-11-5-13-14/h1-2,4-6,8,15H,3,10H2. The van der Waals surface area contributed by atoms with Crippen LogP contribution >= 0.6 is 0 Å². The van der Waals surface area contributed by atoms with Crippen LogP contribution in [0.25, 0.3) is 5.82 Å². The third kappa shape index (κ3) is 2.00. The average molecular weight is 205 g/mol. The van der Waals surface area contributed by atoms with Crippen LogP contribution in [0.3, 0.4) is 0 Å². The van der Waals surface area contributed by atoms with Crippen LogP contribution in [-0.4, -0.2) is 31.4 Å². The third-order valence-electron chi connectivity index (χ3n) is 2.03. The van der Waals surface area contributed by atoms with Gasteiger partial charge < -0.3 is 10.8 Å². The molecule has 0 radical (unpaired) electrons. The maximum atomic E-state index is 9.45. The second-order valence-electron chi connectivity index (χ2n) is 3.04. The third-order valence-corrected chi connectivity index (χ3v) is 2.03. The second-order valence-corrected chi connectivity index (χ2v) is 3.04. The Kier molecular flexibility index (Phi) is 2.70. The molecule has 6 heteroatoms. The van der Waals surface area contributed by atoms with Crippen molar-refractivity contribution in [2.75, 3.05) is 6.54 Å². The van der Waals surface area contributed by atoms with Crippen molar-refractivity contribution in [1.82, 2.24) is 19.7 Å². The second kappa shape index (κ2) is 4.16. The zero-order valence-corrected chi connectivity index (χ0v) is 7.98. The van der Waals surface area contributed by atoms with E-state index in [1.54, 1.807) is 29.3 Å². The number of aliphatic hydroxyl groups is 1. The first-order valence-electron chi connectivity index (χ1n) is 4.50. The Hall–Kier alpha value is -1.79. The molecule has 0 aromatic carbocycles. The first-order chi connectivity index (χ1) is 7.31. The van der Waals surface area contributed by atoms with Gasteiger partial charge in [-0.25, -0.2) is 14.6 Å². The lowest BCUT2D eigenvalue weighted by Gasteiger charge is -2.07. The highest BCUT2D eigenvalue weighted by Crippen LogP contribution is 2.11. The van der Waals surface area contributed by atoms with E-state index in [4.69, 9.17) is 5.73 Å². The maximum absolute atomic E-state index is 9.45. The number of nitrogens with two attached hydrogens (primary N) is 1. The molecule has 15 heavy (non-hydrogen) atoms. The average Bonchev–Trinajstić information content (AvgIpc) is 2.82. The molecule has 6 nitrogen and oxygen atoms in total. The van der Waals surface area contributed by atoms with Crippen LogP contribution in [-0.2, 0) is 0 Å². The van der Waals surface area contributed by atoms with E-state index in [-0.39, 0.29) is 6.54 Å². The molecule has 0 aliphatic carbocycles. The molecule has 78 valence electrons. The SMILES string of the molecule is NCC(O)c1ccc(-n2cncn2)nc1. The smallest absolute Gasteiger partial charge is 0.155 e. The van der Waals surface area contributed by atoms with Crippen molar-refractivity contribution in [3.63, 3.8) is 0 Å². The zero-order valence-electron chi connectivity index (χ0n) is 7.98. The predicted molar refractivity (Wildman–Crippen MR) is 53.2 cm³/mol. The first kappa shape index (κ1) is 9.75. The Bertz CT molecular complexity index is 411. The van der Waals surface area contributed by atoms with E-state index in [0.717, 1.165) is 0 Å². The summed E-state index contributed by atoms with van der Waals surface area (Å²) in [6.07, 6.45) is 3.91. The van der Waals surface area contributed by atoms with E-state index in [1.165, 1.54) is 6.33 Å². The molecule has 0 aliphatic heterocycles. The Balaban J connectivity index is 2.25. The monoisotopic (exact) mass is 205 g/mol. The van der Waals surface area contributed by atoms with E-state index in [1.807, 2.05) is 0 Å². The van der Waals surface area contributed by atoms with E-state index in [0.29, 0.717) is 11.4 Å². The van der Waals surface area contributed by atoms with Crippen LogP contribution in [0.4, 0.5) is 0 Å². The van der Waals surface area contributed by atoms with E-state index >= 15 is 0 Å². The number of aliphatic hydroxyl groups excluding tert-OH is 1. The Morgan fingerprint density at radius 3 is 2.87 bits per heavy atom. The fourth-order valence-corrected chi connectivity index (χ4v) is 1.19. The summed E-state index contributed by atoms with van der Waals surface area (Å²) in [7, 11) is 0. The summed E-state index contributed by atoms with van der Waals surface area (Å²) in [6.45, 7) is 0.185. The lowest BCUT2D eigenvalue weighted by atomic mass is 10.2. The van der Waals surface area contributed by atoms with E-state index < -0.39 is 6.10 Å². The molecule has 3 N–H and O–H groups in total.